The van der Waals surface area contributed by atoms with Crippen molar-refractivity contribution in [3.05, 3.63) is 29.3 Å². The van der Waals surface area contributed by atoms with E-state index < -0.39 is 23.1 Å². The number of benzene rings is 1. The Hall–Kier alpha value is -1.65. The molecule has 1 saturated carbocycles. The van der Waals surface area contributed by atoms with Crippen molar-refractivity contribution in [1.82, 2.24) is 5.32 Å². The average molecular weight is 282 g/mol. The van der Waals surface area contributed by atoms with Crippen LogP contribution in [0, 0.1) is 23.5 Å². The van der Waals surface area contributed by atoms with E-state index in [9.17, 15) is 13.6 Å². The number of amides is 1. The molecule has 5 heteroatoms. The first-order chi connectivity index (χ1) is 9.50. The van der Waals surface area contributed by atoms with Gasteiger partial charge in [0.25, 0.3) is 5.91 Å². The summed E-state index contributed by atoms with van der Waals surface area (Å²) in [7, 11) is 0. The molecule has 2 rings (SSSR count). The van der Waals surface area contributed by atoms with Gasteiger partial charge in [0.1, 0.15) is 11.4 Å². The van der Waals surface area contributed by atoms with Gasteiger partial charge in [-0.05, 0) is 30.4 Å². The van der Waals surface area contributed by atoms with Gasteiger partial charge in [-0.15, -0.1) is 0 Å². The molecule has 20 heavy (non-hydrogen) atoms. The summed E-state index contributed by atoms with van der Waals surface area (Å²) in [5.41, 5.74) is 4.56. The zero-order valence-corrected chi connectivity index (χ0v) is 11.6. The second-order valence-electron chi connectivity index (χ2n) is 5.56. The maximum Gasteiger partial charge on any atom is 0.257 e. The molecule has 1 aromatic carbocycles. The zero-order valence-electron chi connectivity index (χ0n) is 11.6. The maximum absolute atomic E-state index is 13.7. The van der Waals surface area contributed by atoms with Gasteiger partial charge in [0.2, 0.25) is 0 Å². The number of halogens is 2. The van der Waals surface area contributed by atoms with Gasteiger partial charge in [-0.25, -0.2) is 8.78 Å². The van der Waals surface area contributed by atoms with E-state index in [2.05, 4.69) is 12.2 Å². The Morgan fingerprint density at radius 3 is 2.75 bits per heavy atom. The number of carbonyl (C=O) groups is 1. The smallest absolute Gasteiger partial charge is 0.257 e. The Balaban J connectivity index is 2.03. The van der Waals surface area contributed by atoms with Gasteiger partial charge in [-0.1, -0.05) is 26.2 Å². The fourth-order valence-electron chi connectivity index (χ4n) is 2.79. The fourth-order valence-corrected chi connectivity index (χ4v) is 2.79. The van der Waals surface area contributed by atoms with Gasteiger partial charge in [-0.3, -0.25) is 4.79 Å². The Morgan fingerprint density at radius 1 is 1.35 bits per heavy atom. The van der Waals surface area contributed by atoms with Crippen LogP contribution in [0.2, 0.25) is 0 Å². The molecule has 0 saturated heterocycles. The summed E-state index contributed by atoms with van der Waals surface area (Å²) in [5, 5.41) is 2.63. The molecule has 3 nitrogen and oxygen atoms in total. The third-order valence-corrected chi connectivity index (χ3v) is 4.16. The molecule has 1 aliphatic carbocycles. The van der Waals surface area contributed by atoms with Crippen LogP contribution >= 0.6 is 0 Å². The molecular formula is C15H20F2N2O. The van der Waals surface area contributed by atoms with Gasteiger partial charge >= 0.3 is 0 Å². The van der Waals surface area contributed by atoms with Crippen LogP contribution in [0.5, 0.6) is 0 Å². The second kappa shape index (κ2) is 6.20. The van der Waals surface area contributed by atoms with Crippen molar-refractivity contribution in [3.8, 4) is 0 Å². The maximum atomic E-state index is 13.7. The molecule has 0 radical (unpaired) electrons. The van der Waals surface area contributed by atoms with Gasteiger partial charge in [0.15, 0.2) is 5.82 Å². The molecule has 0 aromatic heterocycles. The molecule has 1 aliphatic rings. The lowest BCUT2D eigenvalue weighted by atomic mass is 9.80. The quantitative estimate of drug-likeness (QED) is 0.837. The van der Waals surface area contributed by atoms with Crippen LogP contribution in [0.1, 0.15) is 43.0 Å². The molecule has 1 amide bonds. The highest BCUT2D eigenvalue weighted by molar-refractivity contribution is 5.95. The largest absolute Gasteiger partial charge is 0.396 e. The molecule has 2 unspecified atom stereocenters. The third kappa shape index (κ3) is 3.08. The van der Waals surface area contributed by atoms with Crippen molar-refractivity contribution in [2.45, 2.75) is 32.6 Å². The monoisotopic (exact) mass is 282 g/mol. The zero-order chi connectivity index (χ0) is 14.7. The summed E-state index contributed by atoms with van der Waals surface area (Å²) in [6.07, 6.45) is 4.54. The molecule has 110 valence electrons. The topological polar surface area (TPSA) is 55.1 Å². The van der Waals surface area contributed by atoms with Crippen LogP contribution in [0.3, 0.4) is 0 Å². The van der Waals surface area contributed by atoms with E-state index in [1.165, 1.54) is 6.42 Å². The predicted octanol–water partition coefficient (Wildman–Crippen LogP) is 3.10. The van der Waals surface area contributed by atoms with Crippen molar-refractivity contribution >= 4 is 11.6 Å². The van der Waals surface area contributed by atoms with Crippen molar-refractivity contribution in [3.63, 3.8) is 0 Å². The lowest BCUT2D eigenvalue weighted by Crippen LogP contribution is -2.34. The number of carbonyl (C=O) groups excluding carboxylic acids is 1. The van der Waals surface area contributed by atoms with E-state index in [0.29, 0.717) is 18.4 Å². The Morgan fingerprint density at radius 2 is 2.05 bits per heavy atom. The summed E-state index contributed by atoms with van der Waals surface area (Å²) >= 11 is 0. The molecule has 0 aliphatic heterocycles. The van der Waals surface area contributed by atoms with E-state index in [0.717, 1.165) is 31.4 Å². The molecular weight excluding hydrogens is 262 g/mol. The minimum absolute atomic E-state index is 0.220. The van der Waals surface area contributed by atoms with E-state index in [-0.39, 0.29) is 5.69 Å². The van der Waals surface area contributed by atoms with Gasteiger partial charge < -0.3 is 11.1 Å². The van der Waals surface area contributed by atoms with Crippen LogP contribution in [-0.2, 0) is 0 Å². The van der Waals surface area contributed by atoms with Crippen molar-refractivity contribution in [2.75, 3.05) is 12.3 Å². The first kappa shape index (κ1) is 14.8. The van der Waals surface area contributed by atoms with E-state index in [1.54, 1.807) is 0 Å². The molecule has 2 atom stereocenters. The predicted molar refractivity (Wildman–Crippen MR) is 74.2 cm³/mol. The van der Waals surface area contributed by atoms with Crippen LogP contribution in [0.25, 0.3) is 0 Å². The van der Waals surface area contributed by atoms with Crippen molar-refractivity contribution in [2.24, 2.45) is 11.8 Å². The van der Waals surface area contributed by atoms with Crippen molar-refractivity contribution < 1.29 is 13.6 Å². The first-order valence-electron chi connectivity index (χ1n) is 7.02. The minimum atomic E-state index is -0.987. The number of anilines is 1. The SMILES string of the molecule is CC1CCCCC1CNC(=O)c1c(F)ccc(N)c1F. The highest BCUT2D eigenvalue weighted by atomic mass is 19.1. The first-order valence-corrected chi connectivity index (χ1v) is 7.02. The van der Waals surface area contributed by atoms with E-state index in [1.807, 2.05) is 0 Å². The van der Waals surface area contributed by atoms with Crippen LogP contribution in [0.4, 0.5) is 14.5 Å². The Bertz CT molecular complexity index is 505. The number of rotatable bonds is 3. The number of nitrogens with one attached hydrogen (secondary N) is 1. The van der Waals surface area contributed by atoms with E-state index >= 15 is 0 Å². The van der Waals surface area contributed by atoms with Crippen LogP contribution in [-0.4, -0.2) is 12.5 Å². The van der Waals surface area contributed by atoms with Crippen LogP contribution < -0.4 is 11.1 Å². The standard InChI is InChI=1S/C15H20F2N2O/c1-9-4-2-3-5-10(9)8-19-15(20)13-11(16)6-7-12(18)14(13)17/h6-7,9-10H,2-5,8,18H2,1H3,(H,19,20). The van der Waals surface area contributed by atoms with Gasteiger partial charge in [0.05, 0.1) is 5.69 Å². The summed E-state index contributed by atoms with van der Waals surface area (Å²) in [6.45, 7) is 2.60. The molecule has 0 spiro atoms. The average Bonchev–Trinajstić information content (AvgIpc) is 2.42. The molecule has 0 bridgehead atoms. The second-order valence-corrected chi connectivity index (χ2v) is 5.56. The number of nitrogen functional groups attached to an aromatic ring is 1. The van der Waals surface area contributed by atoms with Crippen LogP contribution in [0.15, 0.2) is 12.1 Å². The normalized spacial score (nSPS) is 22.6. The molecule has 0 heterocycles. The fraction of sp³-hybridized carbons (Fsp3) is 0.533. The molecule has 3 N–H and O–H groups in total. The molecule has 1 aromatic rings. The van der Waals surface area contributed by atoms with Gasteiger partial charge in [-0.2, -0.15) is 0 Å². The van der Waals surface area contributed by atoms with Gasteiger partial charge in [0, 0.05) is 6.54 Å². The highest BCUT2D eigenvalue weighted by Gasteiger charge is 2.24. The summed E-state index contributed by atoms with van der Waals surface area (Å²) < 4.78 is 27.3. The third-order valence-electron chi connectivity index (χ3n) is 4.16. The summed E-state index contributed by atoms with van der Waals surface area (Å²) in [5.74, 6) is -1.70. The lowest BCUT2D eigenvalue weighted by molar-refractivity contribution is 0.0928. The number of nitrogens with two attached hydrogens (primary N) is 1. The van der Waals surface area contributed by atoms with E-state index in [4.69, 9.17) is 5.73 Å². The Kier molecular flexibility index (Phi) is 4.57. The minimum Gasteiger partial charge on any atom is -0.396 e. The summed E-state index contributed by atoms with van der Waals surface area (Å²) in [6, 6.07) is 2.13. The number of hydrogen-bond acceptors (Lipinski definition) is 2. The number of hydrogen-bond donors (Lipinski definition) is 2. The Labute approximate surface area is 117 Å². The summed E-state index contributed by atoms with van der Waals surface area (Å²) in [4.78, 5) is 11.9. The van der Waals surface area contributed by atoms with Crippen molar-refractivity contribution in [1.29, 1.82) is 0 Å². The molecule has 1 fully saturated rings. The highest BCUT2D eigenvalue weighted by Crippen LogP contribution is 2.29. The lowest BCUT2D eigenvalue weighted by Gasteiger charge is -2.28.